The Morgan fingerprint density at radius 3 is 2.57 bits per heavy atom. The van der Waals surface area contributed by atoms with E-state index in [0.29, 0.717) is 36.4 Å². The van der Waals surface area contributed by atoms with Crippen molar-refractivity contribution >= 4 is 11.8 Å². The van der Waals surface area contributed by atoms with Gasteiger partial charge in [-0.25, -0.2) is 0 Å². The van der Waals surface area contributed by atoms with E-state index in [9.17, 15) is 9.59 Å². The predicted octanol–water partition coefficient (Wildman–Crippen LogP) is 2.25. The van der Waals surface area contributed by atoms with Gasteiger partial charge in [-0.2, -0.15) is 0 Å². The van der Waals surface area contributed by atoms with Crippen LogP contribution in [0.25, 0.3) is 0 Å². The highest BCUT2D eigenvalue weighted by Crippen LogP contribution is 2.47. The van der Waals surface area contributed by atoms with E-state index >= 15 is 0 Å². The first kappa shape index (κ1) is 19.9. The lowest BCUT2D eigenvalue weighted by Gasteiger charge is -2.27. The van der Waals surface area contributed by atoms with E-state index in [4.69, 9.17) is 9.84 Å². The van der Waals surface area contributed by atoms with Crippen LogP contribution in [0.4, 0.5) is 0 Å². The number of carbonyl (C=O) groups excluding carboxylic acids is 2. The van der Waals surface area contributed by atoms with E-state index in [1.807, 2.05) is 24.3 Å². The molecule has 0 saturated heterocycles. The molecule has 1 aliphatic heterocycles. The minimum atomic E-state index is -0.416. The number of rotatable bonds is 7. The first-order chi connectivity index (χ1) is 13.6. The van der Waals surface area contributed by atoms with Crippen LogP contribution in [0.5, 0.6) is 5.75 Å². The molecule has 3 rings (SSSR count). The number of benzene rings is 2. The maximum absolute atomic E-state index is 12.7. The van der Waals surface area contributed by atoms with E-state index < -0.39 is 5.41 Å². The van der Waals surface area contributed by atoms with Gasteiger partial charge in [-0.05, 0) is 30.5 Å². The number of hydrogen-bond acceptors (Lipinski definition) is 4. The first-order valence-corrected chi connectivity index (χ1v) is 9.55. The molecule has 0 saturated carbocycles. The minimum absolute atomic E-state index is 0.00868. The fourth-order valence-corrected chi connectivity index (χ4v) is 3.72. The average molecular weight is 382 g/mol. The van der Waals surface area contributed by atoms with E-state index in [-0.39, 0.29) is 18.4 Å². The molecule has 1 aliphatic rings. The van der Waals surface area contributed by atoms with Crippen molar-refractivity contribution in [2.45, 2.75) is 25.2 Å². The first-order valence-electron chi connectivity index (χ1n) is 9.55. The molecule has 1 heterocycles. The zero-order valence-electron chi connectivity index (χ0n) is 16.2. The summed E-state index contributed by atoms with van der Waals surface area (Å²) in [6.45, 7) is 2.88. The molecule has 0 spiro atoms. The van der Waals surface area contributed by atoms with Crippen molar-refractivity contribution in [1.82, 2.24) is 10.6 Å². The molecule has 1 unspecified atom stereocenters. The average Bonchev–Trinajstić information content (AvgIpc) is 3.13. The summed E-state index contributed by atoms with van der Waals surface area (Å²) in [5, 5.41) is 14.4. The second-order valence-corrected chi connectivity index (χ2v) is 6.90. The highest BCUT2D eigenvalue weighted by molar-refractivity contribution is 6.02. The highest BCUT2D eigenvalue weighted by atomic mass is 16.5. The van der Waals surface area contributed by atoms with Crippen LogP contribution in [0.3, 0.4) is 0 Å². The summed E-state index contributed by atoms with van der Waals surface area (Å²) in [4.78, 5) is 25.1. The molecule has 0 bridgehead atoms. The number of carbonyl (C=O) groups is 2. The van der Waals surface area contributed by atoms with Crippen molar-refractivity contribution in [1.29, 1.82) is 0 Å². The quantitative estimate of drug-likeness (QED) is 0.641. The van der Waals surface area contributed by atoms with Gasteiger partial charge >= 0.3 is 0 Å². The number of hydrogen-bond donors (Lipinski definition) is 3. The number of nitrogens with one attached hydrogen (secondary N) is 2. The van der Waals surface area contributed by atoms with Crippen LogP contribution in [-0.2, 0) is 5.41 Å². The van der Waals surface area contributed by atoms with Gasteiger partial charge in [0.25, 0.3) is 11.8 Å². The van der Waals surface area contributed by atoms with Gasteiger partial charge in [0.15, 0.2) is 0 Å². The van der Waals surface area contributed by atoms with Crippen LogP contribution >= 0.6 is 0 Å². The zero-order valence-corrected chi connectivity index (χ0v) is 16.2. The third-order valence-electron chi connectivity index (χ3n) is 5.35. The van der Waals surface area contributed by atoms with E-state index in [2.05, 4.69) is 29.7 Å². The lowest BCUT2D eigenvalue weighted by atomic mass is 9.73. The smallest absolute Gasteiger partial charge is 0.254 e. The molecule has 28 heavy (non-hydrogen) atoms. The maximum atomic E-state index is 12.7. The topological polar surface area (TPSA) is 87.7 Å². The summed E-state index contributed by atoms with van der Waals surface area (Å²) < 4.78 is 6.02. The van der Waals surface area contributed by atoms with Gasteiger partial charge in [0, 0.05) is 31.3 Å². The van der Waals surface area contributed by atoms with Crippen molar-refractivity contribution in [2.75, 3.05) is 26.8 Å². The molecule has 0 fully saturated rings. The lowest BCUT2D eigenvalue weighted by molar-refractivity contribution is 0.0951. The molecule has 0 aliphatic carbocycles. The molecule has 3 N–H and O–H groups in total. The van der Waals surface area contributed by atoms with Crippen molar-refractivity contribution in [3.05, 3.63) is 64.7 Å². The molecule has 2 aromatic carbocycles. The summed E-state index contributed by atoms with van der Waals surface area (Å²) in [6.07, 6.45) is 1.25. The fraction of sp³-hybridized carbons (Fsp3) is 0.364. The lowest BCUT2D eigenvalue weighted by Crippen LogP contribution is -2.30. The Kier molecular flexibility index (Phi) is 5.99. The summed E-state index contributed by atoms with van der Waals surface area (Å²) in [5.41, 5.74) is 2.31. The molecule has 6 nitrogen and oxygen atoms in total. The van der Waals surface area contributed by atoms with E-state index in [1.54, 1.807) is 13.1 Å². The van der Waals surface area contributed by atoms with Crippen LogP contribution in [0.2, 0.25) is 0 Å². The van der Waals surface area contributed by atoms with Crippen molar-refractivity contribution < 1.29 is 19.4 Å². The molecular formula is C22H26N2O4. The second-order valence-electron chi connectivity index (χ2n) is 6.90. The Morgan fingerprint density at radius 2 is 1.93 bits per heavy atom. The third-order valence-corrected chi connectivity index (χ3v) is 5.35. The SMILES string of the molecule is CCC1(c2ccccc2)COc2c(C(=O)NC)cc(C(=O)NCCCO)cc21. The third kappa shape index (κ3) is 3.47. The monoisotopic (exact) mass is 382 g/mol. The Hall–Kier alpha value is -2.86. The van der Waals surface area contributed by atoms with Crippen molar-refractivity contribution in [2.24, 2.45) is 0 Å². The number of aliphatic hydroxyl groups excluding tert-OH is 1. The summed E-state index contributed by atoms with van der Waals surface area (Å²) in [6, 6.07) is 13.4. The standard InChI is InChI=1S/C22H26N2O4/c1-3-22(16-8-5-4-6-9-16)14-28-19-17(21(27)23-2)12-15(13-18(19)22)20(26)24-10-7-11-25/h4-6,8-9,12-13,25H,3,7,10-11,14H2,1-2H3,(H,23,27)(H,24,26). The molecule has 0 radical (unpaired) electrons. The molecule has 6 heteroatoms. The number of amides is 2. The fourth-order valence-electron chi connectivity index (χ4n) is 3.72. The highest BCUT2D eigenvalue weighted by Gasteiger charge is 2.43. The Balaban J connectivity index is 2.12. The van der Waals surface area contributed by atoms with Gasteiger partial charge in [0.2, 0.25) is 0 Å². The molecular weight excluding hydrogens is 356 g/mol. The van der Waals surface area contributed by atoms with Crippen LogP contribution in [0.1, 0.15) is 51.6 Å². The van der Waals surface area contributed by atoms with E-state index in [0.717, 1.165) is 17.5 Å². The molecule has 0 aromatic heterocycles. The normalized spacial score (nSPS) is 17.5. The number of aliphatic hydroxyl groups is 1. The molecule has 2 aromatic rings. The molecule has 1 atom stereocenters. The minimum Gasteiger partial charge on any atom is -0.491 e. The second kappa shape index (κ2) is 8.44. The van der Waals surface area contributed by atoms with Crippen LogP contribution in [-0.4, -0.2) is 43.7 Å². The largest absolute Gasteiger partial charge is 0.491 e. The molecule has 148 valence electrons. The predicted molar refractivity (Wildman–Crippen MR) is 107 cm³/mol. The van der Waals surface area contributed by atoms with Crippen LogP contribution in [0.15, 0.2) is 42.5 Å². The Morgan fingerprint density at radius 1 is 1.18 bits per heavy atom. The number of ether oxygens (including phenoxy) is 1. The van der Waals surface area contributed by atoms with Gasteiger partial charge in [0.05, 0.1) is 11.0 Å². The Bertz CT molecular complexity index is 866. The maximum Gasteiger partial charge on any atom is 0.254 e. The van der Waals surface area contributed by atoms with Gasteiger partial charge in [-0.1, -0.05) is 37.3 Å². The van der Waals surface area contributed by atoms with Gasteiger partial charge in [0.1, 0.15) is 12.4 Å². The van der Waals surface area contributed by atoms with Crippen molar-refractivity contribution in [3.8, 4) is 5.75 Å². The molecule has 2 amide bonds. The van der Waals surface area contributed by atoms with E-state index in [1.165, 1.54) is 0 Å². The van der Waals surface area contributed by atoms with Gasteiger partial charge in [-0.3, -0.25) is 9.59 Å². The Labute approximate surface area is 164 Å². The van der Waals surface area contributed by atoms with Crippen LogP contribution < -0.4 is 15.4 Å². The van der Waals surface area contributed by atoms with Gasteiger partial charge in [-0.15, -0.1) is 0 Å². The number of fused-ring (bicyclic) bond motifs is 1. The summed E-state index contributed by atoms with van der Waals surface area (Å²) >= 11 is 0. The summed E-state index contributed by atoms with van der Waals surface area (Å²) in [5.74, 6) is -0.0236. The van der Waals surface area contributed by atoms with Gasteiger partial charge < -0.3 is 20.5 Å². The van der Waals surface area contributed by atoms with Crippen molar-refractivity contribution in [3.63, 3.8) is 0 Å². The summed E-state index contributed by atoms with van der Waals surface area (Å²) in [7, 11) is 1.56. The van der Waals surface area contributed by atoms with Crippen LogP contribution in [0, 0.1) is 0 Å². The zero-order chi connectivity index (χ0) is 20.1.